The number of rotatable bonds is 3. The minimum Gasteiger partial charge on any atom is -0.297 e. The molecule has 0 atom stereocenters. The molecule has 0 aliphatic carbocycles. The Hall–Kier alpha value is -1.35. The van der Waals surface area contributed by atoms with Crippen molar-refractivity contribution < 1.29 is 0 Å². The minimum absolute atomic E-state index is 0.773. The highest BCUT2D eigenvalue weighted by atomic mass is 15.4. The van der Waals surface area contributed by atoms with Crippen molar-refractivity contribution >= 4 is 11.9 Å². The fraction of sp³-hybridized carbons (Fsp3) is 0.300. The summed E-state index contributed by atoms with van der Waals surface area (Å²) in [4.78, 5) is 4.19. The van der Waals surface area contributed by atoms with E-state index < -0.39 is 0 Å². The van der Waals surface area contributed by atoms with Gasteiger partial charge in [0, 0.05) is 18.8 Å². The fourth-order valence-corrected chi connectivity index (χ4v) is 1.31. The van der Waals surface area contributed by atoms with E-state index in [-0.39, 0.29) is 0 Å². The van der Waals surface area contributed by atoms with E-state index in [1.54, 1.807) is 19.3 Å². The number of aromatic nitrogens is 1. The summed E-state index contributed by atoms with van der Waals surface area (Å²) in [5, 5.41) is 1.51. The number of nitrogens with two attached hydrogens (primary N) is 1. The van der Waals surface area contributed by atoms with E-state index in [1.807, 2.05) is 6.07 Å². The molecule has 1 rings (SSSR count). The van der Waals surface area contributed by atoms with Gasteiger partial charge in [0.1, 0.15) is 5.82 Å². The van der Waals surface area contributed by atoms with Crippen LogP contribution in [0.1, 0.15) is 18.1 Å². The number of hydrogen-bond acceptors (Lipinski definition) is 3. The number of pyridine rings is 1. The SMILES string of the molecule is C=Cc1c(CC)ccnc1N(C)N. The van der Waals surface area contributed by atoms with E-state index in [1.165, 1.54) is 10.6 Å². The Bertz CT molecular complexity index is 305. The molecule has 3 nitrogen and oxygen atoms in total. The highest BCUT2D eigenvalue weighted by molar-refractivity contribution is 5.65. The Morgan fingerprint density at radius 2 is 2.38 bits per heavy atom. The zero-order valence-electron chi connectivity index (χ0n) is 8.12. The molecule has 0 saturated carbocycles. The van der Waals surface area contributed by atoms with Crippen LogP contribution >= 0.6 is 0 Å². The number of nitrogens with zero attached hydrogens (tertiary/aromatic N) is 2. The second-order valence-electron chi connectivity index (χ2n) is 2.88. The molecule has 70 valence electrons. The van der Waals surface area contributed by atoms with Gasteiger partial charge in [0.2, 0.25) is 0 Å². The van der Waals surface area contributed by atoms with Crippen LogP contribution in [0, 0.1) is 0 Å². The zero-order valence-corrected chi connectivity index (χ0v) is 8.12. The number of hydrazine groups is 1. The van der Waals surface area contributed by atoms with Gasteiger partial charge in [-0.05, 0) is 18.1 Å². The molecule has 0 spiro atoms. The predicted molar refractivity (Wildman–Crippen MR) is 56.3 cm³/mol. The molecule has 3 heteroatoms. The largest absolute Gasteiger partial charge is 0.297 e. The number of aryl methyl sites for hydroxylation is 1. The molecule has 0 aromatic carbocycles. The van der Waals surface area contributed by atoms with Gasteiger partial charge < -0.3 is 0 Å². The van der Waals surface area contributed by atoms with Gasteiger partial charge in [-0.1, -0.05) is 19.6 Å². The summed E-state index contributed by atoms with van der Waals surface area (Å²) in [6.07, 6.45) is 4.53. The molecule has 0 fully saturated rings. The topological polar surface area (TPSA) is 42.2 Å². The van der Waals surface area contributed by atoms with E-state index in [2.05, 4.69) is 18.5 Å². The third-order valence-electron chi connectivity index (χ3n) is 1.98. The van der Waals surface area contributed by atoms with Crippen molar-refractivity contribution in [1.29, 1.82) is 0 Å². The van der Waals surface area contributed by atoms with Gasteiger partial charge in [-0.2, -0.15) is 0 Å². The summed E-state index contributed by atoms with van der Waals surface area (Å²) < 4.78 is 0. The number of anilines is 1. The van der Waals surface area contributed by atoms with E-state index in [0.717, 1.165) is 17.8 Å². The predicted octanol–water partition coefficient (Wildman–Crippen LogP) is 1.60. The lowest BCUT2D eigenvalue weighted by Gasteiger charge is -2.15. The monoisotopic (exact) mass is 177 g/mol. The Balaban J connectivity index is 3.27. The molecule has 1 heterocycles. The van der Waals surface area contributed by atoms with E-state index in [9.17, 15) is 0 Å². The summed E-state index contributed by atoms with van der Waals surface area (Å²) in [6.45, 7) is 5.86. The van der Waals surface area contributed by atoms with Crippen LogP contribution in [0.4, 0.5) is 5.82 Å². The van der Waals surface area contributed by atoms with Crippen molar-refractivity contribution in [2.75, 3.05) is 12.1 Å². The maximum atomic E-state index is 5.64. The van der Waals surface area contributed by atoms with E-state index in [4.69, 9.17) is 5.84 Å². The lowest BCUT2D eigenvalue weighted by Crippen LogP contribution is -2.27. The first kappa shape index (κ1) is 9.74. The van der Waals surface area contributed by atoms with Crippen LogP contribution in [0.15, 0.2) is 18.8 Å². The van der Waals surface area contributed by atoms with E-state index >= 15 is 0 Å². The fourth-order valence-electron chi connectivity index (χ4n) is 1.31. The van der Waals surface area contributed by atoms with Crippen LogP contribution < -0.4 is 10.9 Å². The molecular weight excluding hydrogens is 162 g/mol. The summed E-state index contributed by atoms with van der Waals surface area (Å²) >= 11 is 0. The quantitative estimate of drug-likeness (QED) is 0.563. The molecule has 0 radical (unpaired) electrons. The minimum atomic E-state index is 0.773. The molecule has 0 amide bonds. The Labute approximate surface area is 78.9 Å². The van der Waals surface area contributed by atoms with Crippen molar-refractivity contribution in [2.24, 2.45) is 5.84 Å². The molecule has 1 aromatic heterocycles. The zero-order chi connectivity index (χ0) is 9.84. The van der Waals surface area contributed by atoms with Crippen LogP contribution in [0.5, 0.6) is 0 Å². The first-order valence-electron chi connectivity index (χ1n) is 4.29. The second-order valence-corrected chi connectivity index (χ2v) is 2.88. The smallest absolute Gasteiger partial charge is 0.149 e. The molecule has 0 aliphatic heterocycles. The summed E-state index contributed by atoms with van der Waals surface area (Å²) in [5.41, 5.74) is 2.24. The normalized spacial score (nSPS) is 9.77. The highest BCUT2D eigenvalue weighted by Crippen LogP contribution is 2.20. The first-order valence-corrected chi connectivity index (χ1v) is 4.29. The van der Waals surface area contributed by atoms with Gasteiger partial charge in [0.15, 0.2) is 0 Å². The van der Waals surface area contributed by atoms with Crippen molar-refractivity contribution in [1.82, 2.24) is 4.98 Å². The van der Waals surface area contributed by atoms with Crippen molar-refractivity contribution in [3.8, 4) is 0 Å². The second kappa shape index (κ2) is 4.05. The standard InChI is InChI=1S/C10H15N3/c1-4-8-6-7-12-10(13(3)11)9(8)5-2/h5-7H,2,4,11H2,1,3H3. The molecule has 0 saturated heterocycles. The molecule has 0 unspecified atom stereocenters. The average Bonchev–Trinajstić information content (AvgIpc) is 2.16. The van der Waals surface area contributed by atoms with Crippen LogP contribution in [0.3, 0.4) is 0 Å². The van der Waals surface area contributed by atoms with Crippen molar-refractivity contribution in [3.05, 3.63) is 30.0 Å². The maximum absolute atomic E-state index is 5.64. The van der Waals surface area contributed by atoms with Crippen LogP contribution in [-0.2, 0) is 6.42 Å². The number of hydrogen-bond donors (Lipinski definition) is 1. The van der Waals surface area contributed by atoms with Gasteiger partial charge in [-0.15, -0.1) is 0 Å². The molecular formula is C10H15N3. The van der Waals surface area contributed by atoms with Gasteiger partial charge in [-0.25, -0.2) is 10.8 Å². The Morgan fingerprint density at radius 3 is 2.85 bits per heavy atom. The van der Waals surface area contributed by atoms with Crippen molar-refractivity contribution in [3.63, 3.8) is 0 Å². The molecule has 2 N–H and O–H groups in total. The Kier molecular flexibility index (Phi) is 3.03. The van der Waals surface area contributed by atoms with Crippen LogP contribution in [-0.4, -0.2) is 12.0 Å². The van der Waals surface area contributed by atoms with Gasteiger partial charge in [-0.3, -0.25) is 5.01 Å². The maximum Gasteiger partial charge on any atom is 0.149 e. The molecule has 0 aliphatic rings. The Morgan fingerprint density at radius 1 is 1.69 bits per heavy atom. The lowest BCUT2D eigenvalue weighted by molar-refractivity contribution is 0.963. The van der Waals surface area contributed by atoms with Crippen molar-refractivity contribution in [2.45, 2.75) is 13.3 Å². The highest BCUT2D eigenvalue weighted by Gasteiger charge is 2.06. The van der Waals surface area contributed by atoms with E-state index in [0.29, 0.717) is 0 Å². The lowest BCUT2D eigenvalue weighted by atomic mass is 10.1. The summed E-state index contributed by atoms with van der Waals surface area (Å²) in [6, 6.07) is 1.99. The van der Waals surface area contributed by atoms with Gasteiger partial charge >= 0.3 is 0 Å². The third-order valence-corrected chi connectivity index (χ3v) is 1.98. The first-order chi connectivity index (χ1) is 6.20. The molecule has 13 heavy (non-hydrogen) atoms. The summed E-state index contributed by atoms with van der Waals surface area (Å²) in [7, 11) is 1.77. The van der Waals surface area contributed by atoms with Gasteiger partial charge in [0.05, 0.1) is 0 Å². The summed E-state index contributed by atoms with van der Waals surface area (Å²) in [5.74, 6) is 6.41. The average molecular weight is 177 g/mol. The molecule has 0 bridgehead atoms. The van der Waals surface area contributed by atoms with Crippen LogP contribution in [0.25, 0.3) is 6.08 Å². The third kappa shape index (κ3) is 1.87. The van der Waals surface area contributed by atoms with Crippen LogP contribution in [0.2, 0.25) is 0 Å². The molecule has 1 aromatic rings. The van der Waals surface area contributed by atoms with Gasteiger partial charge in [0.25, 0.3) is 0 Å².